The van der Waals surface area contributed by atoms with Gasteiger partial charge in [-0.3, -0.25) is 9.78 Å². The van der Waals surface area contributed by atoms with Crippen LogP contribution in [-0.2, 0) is 6.42 Å². The van der Waals surface area contributed by atoms with E-state index in [1.165, 1.54) is 11.1 Å². The second-order valence-corrected chi connectivity index (χ2v) is 5.25. The Kier molecular flexibility index (Phi) is 3.78. The molecule has 0 aliphatic carbocycles. The number of nitrogens with zero attached hydrogens (tertiary/aromatic N) is 1. The molecule has 0 aliphatic rings. The third-order valence-corrected chi connectivity index (χ3v) is 3.87. The third kappa shape index (κ3) is 2.84. The number of hydrogen-bond donors (Lipinski definition) is 0. The topological polar surface area (TPSA) is 30.0 Å². The minimum Gasteiger partial charge on any atom is -0.294 e. The van der Waals surface area contributed by atoms with Crippen molar-refractivity contribution in [3.8, 4) is 0 Å². The monoisotopic (exact) mass is 275 g/mol. The van der Waals surface area contributed by atoms with Gasteiger partial charge >= 0.3 is 0 Å². The summed E-state index contributed by atoms with van der Waals surface area (Å²) in [7, 11) is 0. The van der Waals surface area contributed by atoms with E-state index < -0.39 is 0 Å². The van der Waals surface area contributed by atoms with Crippen molar-refractivity contribution in [3.05, 3.63) is 77.6 Å². The molecule has 3 rings (SSSR count). The molecule has 0 aliphatic heterocycles. The number of carbonyl (C=O) groups is 1. The molecule has 0 radical (unpaired) electrons. The maximum absolute atomic E-state index is 12.5. The van der Waals surface area contributed by atoms with Crippen LogP contribution in [0.15, 0.2) is 60.9 Å². The summed E-state index contributed by atoms with van der Waals surface area (Å²) in [6.45, 7) is 2.08. The Hall–Kier alpha value is -2.48. The van der Waals surface area contributed by atoms with E-state index in [2.05, 4.69) is 24.0 Å². The zero-order valence-electron chi connectivity index (χ0n) is 12.0. The van der Waals surface area contributed by atoms with Gasteiger partial charge in [-0.15, -0.1) is 0 Å². The number of carbonyl (C=O) groups excluding carboxylic acids is 1. The quantitative estimate of drug-likeness (QED) is 0.662. The molecule has 0 atom stereocenters. The molecule has 0 saturated carbocycles. The molecule has 0 spiro atoms. The van der Waals surface area contributed by atoms with E-state index in [4.69, 9.17) is 0 Å². The second kappa shape index (κ2) is 5.88. The maximum atomic E-state index is 12.5. The molecule has 1 heterocycles. The predicted molar refractivity (Wildman–Crippen MR) is 85.6 cm³/mol. The van der Waals surface area contributed by atoms with Gasteiger partial charge in [0.15, 0.2) is 5.78 Å². The van der Waals surface area contributed by atoms with Gasteiger partial charge in [-0.2, -0.15) is 0 Å². The first-order chi connectivity index (χ1) is 10.3. The number of benzene rings is 2. The van der Waals surface area contributed by atoms with Gasteiger partial charge in [0.05, 0.1) is 0 Å². The van der Waals surface area contributed by atoms with Gasteiger partial charge < -0.3 is 0 Å². The fourth-order valence-electron chi connectivity index (χ4n) is 2.63. The molecule has 0 fully saturated rings. The minimum atomic E-state index is 0.178. The number of aromatic nitrogens is 1. The van der Waals surface area contributed by atoms with Gasteiger partial charge in [-0.25, -0.2) is 0 Å². The lowest BCUT2D eigenvalue weighted by Crippen LogP contribution is -2.03. The predicted octanol–water partition coefficient (Wildman–Crippen LogP) is 4.36. The Bertz CT molecular complexity index is 787. The van der Waals surface area contributed by atoms with Gasteiger partial charge in [0.2, 0.25) is 0 Å². The number of rotatable bonds is 4. The van der Waals surface area contributed by atoms with E-state index in [9.17, 15) is 4.79 Å². The number of pyridine rings is 1. The van der Waals surface area contributed by atoms with Gasteiger partial charge in [-0.05, 0) is 35.9 Å². The molecule has 104 valence electrons. The highest BCUT2D eigenvalue weighted by Crippen LogP contribution is 2.20. The summed E-state index contributed by atoms with van der Waals surface area (Å²) < 4.78 is 0. The molecule has 0 N–H and O–H groups in total. The first-order valence-corrected chi connectivity index (χ1v) is 7.16. The van der Waals surface area contributed by atoms with Gasteiger partial charge in [0.25, 0.3) is 0 Å². The molecule has 1 aromatic heterocycles. The number of hydrogen-bond acceptors (Lipinski definition) is 2. The summed E-state index contributed by atoms with van der Waals surface area (Å²) >= 11 is 0. The molecule has 0 unspecified atom stereocenters. The largest absolute Gasteiger partial charge is 0.294 e. The molecular weight excluding hydrogens is 258 g/mol. The third-order valence-electron chi connectivity index (χ3n) is 3.87. The highest BCUT2D eigenvalue weighted by molar-refractivity contribution is 6.07. The zero-order valence-corrected chi connectivity index (χ0v) is 12.0. The van der Waals surface area contributed by atoms with Crippen molar-refractivity contribution < 1.29 is 4.79 Å². The molecule has 0 amide bonds. The summed E-state index contributed by atoms with van der Waals surface area (Å²) in [5.41, 5.74) is 3.25. The first-order valence-electron chi connectivity index (χ1n) is 7.16. The van der Waals surface area contributed by atoms with Crippen molar-refractivity contribution in [2.45, 2.75) is 19.8 Å². The van der Waals surface area contributed by atoms with E-state index in [-0.39, 0.29) is 5.78 Å². The second-order valence-electron chi connectivity index (χ2n) is 5.25. The fourth-order valence-corrected chi connectivity index (χ4v) is 2.63. The van der Waals surface area contributed by atoms with Crippen molar-refractivity contribution in [3.63, 3.8) is 0 Å². The molecule has 0 bridgehead atoms. The van der Waals surface area contributed by atoms with Crippen molar-refractivity contribution in [1.29, 1.82) is 0 Å². The summed E-state index contributed by atoms with van der Waals surface area (Å²) in [6.07, 6.45) is 4.83. The summed E-state index contributed by atoms with van der Waals surface area (Å²) in [5.74, 6) is 0.178. The summed E-state index contributed by atoms with van der Waals surface area (Å²) in [6, 6.07) is 16.0. The number of Topliss-reactive ketones (excluding diaryl/α,β-unsaturated/α-hetero) is 1. The van der Waals surface area contributed by atoms with Crippen molar-refractivity contribution in [2.24, 2.45) is 0 Å². The van der Waals surface area contributed by atoms with Crippen LogP contribution in [0.5, 0.6) is 0 Å². The van der Waals surface area contributed by atoms with E-state index in [1.807, 2.05) is 36.4 Å². The van der Waals surface area contributed by atoms with Crippen LogP contribution in [0.4, 0.5) is 0 Å². The Morgan fingerprint density at radius 2 is 1.90 bits per heavy atom. The Morgan fingerprint density at radius 3 is 2.76 bits per heavy atom. The molecular formula is C19H17NO. The molecule has 2 aromatic carbocycles. The number of fused-ring (bicyclic) bond motifs is 1. The van der Waals surface area contributed by atoms with E-state index in [0.29, 0.717) is 6.42 Å². The Balaban J connectivity index is 1.83. The van der Waals surface area contributed by atoms with Crippen molar-refractivity contribution in [2.75, 3.05) is 0 Å². The van der Waals surface area contributed by atoms with Crippen molar-refractivity contribution in [1.82, 2.24) is 4.98 Å². The van der Waals surface area contributed by atoms with Crippen LogP contribution in [0.25, 0.3) is 10.8 Å². The fraction of sp³-hybridized carbons (Fsp3) is 0.158. The smallest absolute Gasteiger partial charge is 0.163 e. The zero-order chi connectivity index (χ0) is 14.7. The average molecular weight is 275 g/mol. The number of aryl methyl sites for hydroxylation is 2. The first kappa shape index (κ1) is 13.5. The lowest BCUT2D eigenvalue weighted by atomic mass is 9.97. The van der Waals surface area contributed by atoms with Crippen LogP contribution in [0.1, 0.15) is 27.9 Å². The molecule has 3 aromatic rings. The van der Waals surface area contributed by atoms with Crippen LogP contribution in [0, 0.1) is 6.92 Å². The summed E-state index contributed by atoms with van der Waals surface area (Å²) in [5, 5.41) is 2.00. The molecule has 0 saturated heterocycles. The van der Waals surface area contributed by atoms with E-state index in [1.54, 1.807) is 12.4 Å². The van der Waals surface area contributed by atoms with Gasteiger partial charge in [-0.1, -0.05) is 42.5 Å². The highest BCUT2D eigenvalue weighted by atomic mass is 16.1. The minimum absolute atomic E-state index is 0.178. The molecule has 2 nitrogen and oxygen atoms in total. The van der Waals surface area contributed by atoms with Crippen LogP contribution in [0.2, 0.25) is 0 Å². The van der Waals surface area contributed by atoms with Gasteiger partial charge in [0, 0.05) is 29.8 Å². The SMILES string of the molecule is Cc1ccccc1CCC(=O)c1cccc2ccncc12. The Labute approximate surface area is 124 Å². The maximum Gasteiger partial charge on any atom is 0.163 e. The van der Waals surface area contributed by atoms with Crippen molar-refractivity contribution >= 4 is 16.6 Å². The number of ketones is 1. The molecule has 21 heavy (non-hydrogen) atoms. The summed E-state index contributed by atoms with van der Waals surface area (Å²) in [4.78, 5) is 16.7. The highest BCUT2D eigenvalue weighted by Gasteiger charge is 2.10. The lowest BCUT2D eigenvalue weighted by molar-refractivity contribution is 0.0984. The van der Waals surface area contributed by atoms with Crippen LogP contribution in [0.3, 0.4) is 0 Å². The molecule has 2 heteroatoms. The van der Waals surface area contributed by atoms with Crippen LogP contribution < -0.4 is 0 Å². The Morgan fingerprint density at radius 1 is 1.05 bits per heavy atom. The lowest BCUT2D eigenvalue weighted by Gasteiger charge is -2.07. The van der Waals surface area contributed by atoms with E-state index in [0.717, 1.165) is 22.8 Å². The standard InChI is InChI=1S/C19H17NO/c1-14-5-2-3-6-15(14)9-10-19(21)17-8-4-7-16-11-12-20-13-18(16)17/h2-8,11-13H,9-10H2,1H3. The van der Waals surface area contributed by atoms with Crippen LogP contribution >= 0.6 is 0 Å². The van der Waals surface area contributed by atoms with Gasteiger partial charge in [0.1, 0.15) is 0 Å². The van der Waals surface area contributed by atoms with E-state index >= 15 is 0 Å². The van der Waals surface area contributed by atoms with Crippen LogP contribution in [-0.4, -0.2) is 10.8 Å². The normalized spacial score (nSPS) is 10.7. The average Bonchev–Trinajstić information content (AvgIpc) is 2.53.